The Balaban J connectivity index is 1.50. The van der Waals surface area contributed by atoms with Gasteiger partial charge in [0, 0.05) is 31.7 Å². The van der Waals surface area contributed by atoms with Gasteiger partial charge in [-0.2, -0.15) is 0 Å². The van der Waals surface area contributed by atoms with Crippen molar-refractivity contribution in [3.05, 3.63) is 29.8 Å². The molecule has 29 heavy (non-hydrogen) atoms. The fourth-order valence-electron chi connectivity index (χ4n) is 3.91. The lowest BCUT2D eigenvalue weighted by Gasteiger charge is -2.33. The largest absolute Gasteiger partial charge is 0.342 e. The number of rotatable bonds is 5. The molecule has 0 aromatic heterocycles. The lowest BCUT2D eigenvalue weighted by Crippen LogP contribution is -2.42. The van der Waals surface area contributed by atoms with E-state index in [0.29, 0.717) is 25.9 Å². The monoisotopic (exact) mass is 420 g/mol. The van der Waals surface area contributed by atoms with Crippen molar-refractivity contribution in [2.45, 2.75) is 57.6 Å². The summed E-state index contributed by atoms with van der Waals surface area (Å²) in [7, 11) is -3.13. The zero-order chi connectivity index (χ0) is 21.2. The van der Waals surface area contributed by atoms with E-state index in [2.05, 4.69) is 0 Å². The van der Waals surface area contributed by atoms with Gasteiger partial charge in [0.1, 0.15) is 0 Å². The molecule has 2 saturated heterocycles. The molecule has 2 aliphatic heterocycles. The molecule has 0 unspecified atom stereocenters. The van der Waals surface area contributed by atoms with E-state index < -0.39 is 14.6 Å². The smallest absolute Gasteiger partial charge is 0.227 e. The second kappa shape index (κ2) is 8.46. The summed E-state index contributed by atoms with van der Waals surface area (Å²) in [6.45, 7) is 7.22. The molecule has 160 valence electrons. The highest BCUT2D eigenvalue weighted by molar-refractivity contribution is 7.92. The summed E-state index contributed by atoms with van der Waals surface area (Å²) in [5.41, 5.74) is 1.83. The average Bonchev–Trinajstić information content (AvgIpc) is 3.07. The number of sulfone groups is 1. The molecule has 0 N–H and O–H groups in total. The van der Waals surface area contributed by atoms with Crippen LogP contribution in [-0.2, 0) is 25.8 Å². The number of benzene rings is 1. The molecule has 2 fully saturated rings. The highest BCUT2D eigenvalue weighted by Crippen LogP contribution is 2.26. The second-order valence-corrected chi connectivity index (χ2v) is 12.0. The van der Waals surface area contributed by atoms with Gasteiger partial charge in [0.2, 0.25) is 11.8 Å². The Bertz CT molecular complexity index is 848. The first-order chi connectivity index (χ1) is 13.6. The number of carbonyl (C=O) groups is 2. The zero-order valence-corrected chi connectivity index (χ0v) is 18.5. The SMILES string of the molecule is CC(C)(C)S(=O)(=O)CC1CCN(C(=O)Cc2ccc(N3CCCC3=O)cc2)CC1. The Labute approximate surface area is 174 Å². The second-order valence-electron chi connectivity index (χ2n) is 9.21. The molecule has 0 atom stereocenters. The molecular formula is C22H32N2O4S. The van der Waals surface area contributed by atoms with Crippen molar-refractivity contribution in [1.82, 2.24) is 4.90 Å². The van der Waals surface area contributed by atoms with Crippen LogP contribution in [0.4, 0.5) is 5.69 Å². The molecule has 0 radical (unpaired) electrons. The molecular weight excluding hydrogens is 388 g/mol. The molecule has 7 heteroatoms. The van der Waals surface area contributed by atoms with Crippen molar-refractivity contribution >= 4 is 27.3 Å². The van der Waals surface area contributed by atoms with Gasteiger partial charge < -0.3 is 9.80 Å². The topological polar surface area (TPSA) is 74.8 Å². The molecule has 2 aliphatic rings. The molecule has 0 aliphatic carbocycles. The van der Waals surface area contributed by atoms with Crippen molar-refractivity contribution in [3.63, 3.8) is 0 Å². The van der Waals surface area contributed by atoms with Gasteiger partial charge in [0.15, 0.2) is 9.84 Å². The summed E-state index contributed by atoms with van der Waals surface area (Å²) in [6.07, 6.45) is 3.30. The predicted octanol–water partition coefficient (Wildman–Crippen LogP) is 2.81. The minimum absolute atomic E-state index is 0.0760. The summed E-state index contributed by atoms with van der Waals surface area (Å²) in [5, 5.41) is 0. The van der Waals surface area contributed by atoms with Gasteiger partial charge in [-0.15, -0.1) is 0 Å². The summed E-state index contributed by atoms with van der Waals surface area (Å²) < 4.78 is 24.1. The highest BCUT2D eigenvalue weighted by Gasteiger charge is 2.33. The molecule has 2 amide bonds. The maximum atomic E-state index is 12.7. The first-order valence-corrected chi connectivity index (χ1v) is 12.1. The van der Waals surface area contributed by atoms with E-state index in [4.69, 9.17) is 0 Å². The quantitative estimate of drug-likeness (QED) is 0.734. The molecule has 2 heterocycles. The van der Waals surface area contributed by atoms with Crippen LogP contribution in [-0.4, -0.2) is 55.3 Å². The Kier molecular flexibility index (Phi) is 6.36. The number of hydrogen-bond acceptors (Lipinski definition) is 4. The molecule has 0 saturated carbocycles. The van der Waals surface area contributed by atoms with Crippen molar-refractivity contribution in [3.8, 4) is 0 Å². The number of nitrogens with zero attached hydrogens (tertiary/aromatic N) is 2. The minimum Gasteiger partial charge on any atom is -0.342 e. The Morgan fingerprint density at radius 1 is 1.07 bits per heavy atom. The van der Waals surface area contributed by atoms with Crippen LogP contribution < -0.4 is 4.90 Å². The van der Waals surface area contributed by atoms with Crippen LogP contribution in [0.5, 0.6) is 0 Å². The number of likely N-dealkylation sites (tertiary alicyclic amines) is 1. The molecule has 1 aromatic rings. The first-order valence-electron chi connectivity index (χ1n) is 10.5. The average molecular weight is 421 g/mol. The van der Waals surface area contributed by atoms with Gasteiger partial charge >= 0.3 is 0 Å². The van der Waals surface area contributed by atoms with Gasteiger partial charge in [-0.3, -0.25) is 9.59 Å². The van der Waals surface area contributed by atoms with E-state index in [9.17, 15) is 18.0 Å². The maximum Gasteiger partial charge on any atom is 0.227 e. The van der Waals surface area contributed by atoms with Crippen LogP contribution in [0.15, 0.2) is 24.3 Å². The van der Waals surface area contributed by atoms with Gasteiger partial charge in [-0.25, -0.2) is 8.42 Å². The van der Waals surface area contributed by atoms with Crippen molar-refractivity contribution in [2.75, 3.05) is 30.3 Å². The van der Waals surface area contributed by atoms with Gasteiger partial charge in [-0.05, 0) is 63.6 Å². The van der Waals surface area contributed by atoms with Crippen LogP contribution in [0.3, 0.4) is 0 Å². The highest BCUT2D eigenvalue weighted by atomic mass is 32.2. The van der Waals surface area contributed by atoms with Crippen LogP contribution >= 0.6 is 0 Å². The van der Waals surface area contributed by atoms with Crippen LogP contribution in [0.2, 0.25) is 0 Å². The summed E-state index contributed by atoms with van der Waals surface area (Å²) in [6, 6.07) is 7.66. The fourth-order valence-corrected chi connectivity index (χ4v) is 5.36. The standard InChI is InChI=1S/C22H32N2O4S/c1-22(2,3)29(27,28)16-18-10-13-23(14-11-18)21(26)15-17-6-8-19(9-7-17)24-12-4-5-20(24)25/h6-9,18H,4-5,10-16H2,1-3H3. The van der Waals surface area contributed by atoms with E-state index in [1.165, 1.54) is 0 Å². The Morgan fingerprint density at radius 2 is 1.69 bits per heavy atom. The van der Waals surface area contributed by atoms with Crippen LogP contribution in [0.25, 0.3) is 0 Å². The number of piperidine rings is 1. The number of amides is 2. The molecule has 0 spiro atoms. The Morgan fingerprint density at radius 3 is 2.21 bits per heavy atom. The van der Waals surface area contributed by atoms with Crippen molar-refractivity contribution in [1.29, 1.82) is 0 Å². The van der Waals surface area contributed by atoms with E-state index >= 15 is 0 Å². The third-order valence-electron chi connectivity index (χ3n) is 6.03. The lowest BCUT2D eigenvalue weighted by molar-refractivity contribution is -0.131. The third-order valence-corrected chi connectivity index (χ3v) is 8.81. The van der Waals surface area contributed by atoms with Gasteiger partial charge in [-0.1, -0.05) is 12.1 Å². The molecule has 0 bridgehead atoms. The van der Waals surface area contributed by atoms with E-state index in [1.54, 1.807) is 25.7 Å². The third kappa shape index (κ3) is 5.18. The normalized spacial score (nSPS) is 19.1. The zero-order valence-electron chi connectivity index (χ0n) is 17.7. The van der Waals surface area contributed by atoms with Crippen LogP contribution in [0.1, 0.15) is 52.0 Å². The van der Waals surface area contributed by atoms with Crippen molar-refractivity contribution < 1.29 is 18.0 Å². The van der Waals surface area contributed by atoms with E-state index in [-0.39, 0.29) is 23.5 Å². The van der Waals surface area contributed by atoms with Crippen LogP contribution in [0, 0.1) is 5.92 Å². The first kappa shape index (κ1) is 21.8. The number of carbonyl (C=O) groups excluding carboxylic acids is 2. The Hall–Kier alpha value is -1.89. The predicted molar refractivity (Wildman–Crippen MR) is 115 cm³/mol. The summed E-state index contributed by atoms with van der Waals surface area (Å²) >= 11 is 0. The van der Waals surface area contributed by atoms with E-state index in [0.717, 1.165) is 37.1 Å². The van der Waals surface area contributed by atoms with Crippen molar-refractivity contribution in [2.24, 2.45) is 5.92 Å². The van der Waals surface area contributed by atoms with E-state index in [1.807, 2.05) is 29.2 Å². The molecule has 1 aromatic carbocycles. The van der Waals surface area contributed by atoms with Gasteiger partial charge in [0.25, 0.3) is 0 Å². The maximum absolute atomic E-state index is 12.7. The fraction of sp³-hybridized carbons (Fsp3) is 0.636. The lowest BCUT2D eigenvalue weighted by atomic mass is 9.98. The number of hydrogen-bond donors (Lipinski definition) is 0. The van der Waals surface area contributed by atoms with Gasteiger partial charge in [0.05, 0.1) is 16.9 Å². The minimum atomic E-state index is -3.13. The molecule has 3 rings (SSSR count). The summed E-state index contributed by atoms with van der Waals surface area (Å²) in [4.78, 5) is 28.1. The molecule has 6 nitrogen and oxygen atoms in total. The number of anilines is 1. The summed E-state index contributed by atoms with van der Waals surface area (Å²) in [5.74, 6) is 0.563.